The monoisotopic (exact) mass is 292 g/mol. The van der Waals surface area contributed by atoms with Crippen LogP contribution in [0.5, 0.6) is 0 Å². The van der Waals surface area contributed by atoms with Crippen LogP contribution in [0.4, 0.5) is 0 Å². The van der Waals surface area contributed by atoms with Crippen LogP contribution in [0.15, 0.2) is 46.2 Å². The van der Waals surface area contributed by atoms with Crippen LogP contribution in [0.3, 0.4) is 0 Å². The second kappa shape index (κ2) is 5.72. The summed E-state index contributed by atoms with van der Waals surface area (Å²) < 4.78 is 24.6. The molecule has 0 atom stereocenters. The number of allylic oxidation sites excluding steroid dienone is 1. The van der Waals surface area contributed by atoms with Gasteiger partial charge >= 0.3 is 0 Å². The van der Waals surface area contributed by atoms with Gasteiger partial charge in [-0.1, -0.05) is 44.5 Å². The van der Waals surface area contributed by atoms with Gasteiger partial charge in [-0.3, -0.25) is 0 Å². The molecule has 0 aliphatic heterocycles. The Morgan fingerprint density at radius 2 is 1.60 bits per heavy atom. The fourth-order valence-electron chi connectivity index (χ4n) is 2.87. The summed E-state index contributed by atoms with van der Waals surface area (Å²) in [5, 5.41) is 1.50. The molecule has 3 heteroatoms. The molecule has 0 bridgehead atoms. The van der Waals surface area contributed by atoms with E-state index < -0.39 is 9.84 Å². The predicted molar refractivity (Wildman–Crippen MR) is 83.1 cm³/mol. The highest BCUT2D eigenvalue weighted by Gasteiger charge is 2.28. The smallest absolute Gasteiger partial charge is 0.199 e. The zero-order chi connectivity index (χ0) is 14.8. The molecule has 110 valence electrons. The third-order valence-corrected chi connectivity index (χ3v) is 5.82. The van der Waals surface area contributed by atoms with Gasteiger partial charge in [0.1, 0.15) is 0 Å². The quantitative estimate of drug-likeness (QED) is 0.799. The van der Waals surface area contributed by atoms with Crippen LogP contribution in [-0.2, 0) is 9.84 Å². The molecule has 2 nitrogen and oxygen atoms in total. The van der Waals surface area contributed by atoms with Crippen molar-refractivity contribution in [2.24, 2.45) is 11.3 Å². The van der Waals surface area contributed by atoms with Crippen LogP contribution in [-0.4, -0.2) is 8.42 Å². The standard InChI is InChI=1S/C17H24O2S/c1-17(2,3)15-11-9-14(10-12-15)13-20(18,19)16-7-5-4-6-8-16/h4-8,13,15H,9-12H2,1-3H3. The van der Waals surface area contributed by atoms with E-state index in [4.69, 9.17) is 0 Å². The van der Waals surface area contributed by atoms with Crippen molar-refractivity contribution >= 4 is 9.84 Å². The zero-order valence-corrected chi connectivity index (χ0v) is 13.4. The van der Waals surface area contributed by atoms with Gasteiger partial charge in [0.15, 0.2) is 9.84 Å². The molecular weight excluding hydrogens is 268 g/mol. The summed E-state index contributed by atoms with van der Waals surface area (Å²) in [5.41, 5.74) is 1.40. The fraction of sp³-hybridized carbons (Fsp3) is 0.529. The molecule has 0 aromatic heterocycles. The molecule has 0 amide bonds. The topological polar surface area (TPSA) is 34.1 Å². The molecule has 1 aliphatic rings. The number of sulfone groups is 1. The van der Waals surface area contributed by atoms with Crippen LogP contribution in [0.1, 0.15) is 46.5 Å². The third kappa shape index (κ3) is 3.72. The van der Waals surface area contributed by atoms with Crippen LogP contribution in [0, 0.1) is 11.3 Å². The maximum Gasteiger partial charge on any atom is 0.199 e. The molecule has 1 aromatic rings. The van der Waals surface area contributed by atoms with Gasteiger partial charge in [-0.25, -0.2) is 8.42 Å². The van der Waals surface area contributed by atoms with E-state index in [2.05, 4.69) is 20.8 Å². The molecule has 0 spiro atoms. The lowest BCUT2D eigenvalue weighted by molar-refractivity contribution is 0.197. The lowest BCUT2D eigenvalue weighted by Crippen LogP contribution is -2.23. The molecule has 1 aliphatic carbocycles. The molecular formula is C17H24O2S. The van der Waals surface area contributed by atoms with Gasteiger partial charge in [0.25, 0.3) is 0 Å². The molecule has 0 N–H and O–H groups in total. The average molecular weight is 292 g/mol. The normalized spacial score (nSPS) is 20.8. The Bertz CT molecular complexity index is 567. The summed E-state index contributed by atoms with van der Waals surface area (Å²) in [6.45, 7) is 6.81. The average Bonchev–Trinajstić information content (AvgIpc) is 2.39. The van der Waals surface area contributed by atoms with Gasteiger partial charge < -0.3 is 0 Å². The Morgan fingerprint density at radius 1 is 1.05 bits per heavy atom. The van der Waals surface area contributed by atoms with Crippen molar-refractivity contribution in [2.45, 2.75) is 51.3 Å². The van der Waals surface area contributed by atoms with Crippen LogP contribution >= 0.6 is 0 Å². The minimum absolute atomic E-state index is 0.323. The molecule has 1 aromatic carbocycles. The van der Waals surface area contributed by atoms with Gasteiger partial charge in [0.05, 0.1) is 4.90 Å². The molecule has 2 rings (SSSR count). The highest BCUT2D eigenvalue weighted by Crippen LogP contribution is 2.39. The third-order valence-electron chi connectivity index (χ3n) is 4.25. The van der Waals surface area contributed by atoms with Crippen molar-refractivity contribution in [3.63, 3.8) is 0 Å². The first-order chi connectivity index (χ1) is 9.29. The fourth-order valence-corrected chi connectivity index (χ4v) is 4.22. The van der Waals surface area contributed by atoms with Gasteiger partial charge in [0, 0.05) is 5.41 Å². The second-order valence-electron chi connectivity index (χ2n) is 6.77. The molecule has 1 saturated carbocycles. The van der Waals surface area contributed by atoms with Gasteiger partial charge in [0.2, 0.25) is 0 Å². The summed E-state index contributed by atoms with van der Waals surface area (Å²) in [7, 11) is -3.27. The van der Waals surface area contributed by atoms with Crippen molar-refractivity contribution in [1.82, 2.24) is 0 Å². The molecule has 0 saturated heterocycles. The van der Waals surface area contributed by atoms with E-state index in [1.54, 1.807) is 24.3 Å². The summed E-state index contributed by atoms with van der Waals surface area (Å²) in [5.74, 6) is 0.694. The molecule has 0 unspecified atom stereocenters. The van der Waals surface area contributed by atoms with Crippen molar-refractivity contribution in [3.05, 3.63) is 41.3 Å². The molecule has 0 heterocycles. The van der Waals surface area contributed by atoms with E-state index in [-0.39, 0.29) is 0 Å². The van der Waals surface area contributed by atoms with E-state index in [1.165, 1.54) is 5.41 Å². The first kappa shape index (κ1) is 15.3. The Hall–Kier alpha value is -1.09. The Morgan fingerprint density at radius 3 is 2.10 bits per heavy atom. The van der Waals surface area contributed by atoms with E-state index in [9.17, 15) is 8.42 Å². The van der Waals surface area contributed by atoms with Crippen molar-refractivity contribution in [1.29, 1.82) is 0 Å². The number of rotatable bonds is 2. The highest BCUT2D eigenvalue weighted by molar-refractivity contribution is 7.94. The maximum absolute atomic E-state index is 12.3. The second-order valence-corrected chi connectivity index (χ2v) is 8.57. The molecule has 1 fully saturated rings. The lowest BCUT2D eigenvalue weighted by atomic mass is 9.71. The SMILES string of the molecule is CC(C)(C)C1CCC(=CS(=O)(=O)c2ccccc2)CC1. The number of hydrogen-bond acceptors (Lipinski definition) is 2. The van der Waals surface area contributed by atoms with E-state index >= 15 is 0 Å². The Balaban J connectivity index is 2.11. The first-order valence-corrected chi connectivity index (χ1v) is 8.83. The lowest BCUT2D eigenvalue weighted by Gasteiger charge is -2.34. The van der Waals surface area contributed by atoms with Crippen LogP contribution in [0.25, 0.3) is 0 Å². The largest absolute Gasteiger partial charge is 0.219 e. The summed E-state index contributed by atoms with van der Waals surface area (Å²) in [6.07, 6.45) is 4.02. The maximum atomic E-state index is 12.3. The van der Waals surface area contributed by atoms with E-state index in [1.807, 2.05) is 6.07 Å². The van der Waals surface area contributed by atoms with Gasteiger partial charge in [-0.05, 0) is 49.1 Å². The summed E-state index contributed by atoms with van der Waals surface area (Å²) in [4.78, 5) is 0.394. The Labute approximate surface area is 122 Å². The number of benzene rings is 1. The summed E-state index contributed by atoms with van der Waals surface area (Å²) >= 11 is 0. The zero-order valence-electron chi connectivity index (χ0n) is 12.6. The molecule has 20 heavy (non-hydrogen) atoms. The molecule has 0 radical (unpaired) electrons. The first-order valence-electron chi connectivity index (χ1n) is 7.28. The van der Waals surface area contributed by atoms with E-state index in [0.717, 1.165) is 31.3 Å². The number of hydrogen-bond donors (Lipinski definition) is 0. The van der Waals surface area contributed by atoms with Gasteiger partial charge in [-0.15, -0.1) is 0 Å². The predicted octanol–water partition coefficient (Wildman–Crippen LogP) is 4.58. The van der Waals surface area contributed by atoms with Crippen LogP contribution < -0.4 is 0 Å². The Kier molecular flexibility index (Phi) is 4.38. The highest BCUT2D eigenvalue weighted by atomic mass is 32.2. The minimum Gasteiger partial charge on any atom is -0.219 e. The van der Waals surface area contributed by atoms with Crippen LogP contribution in [0.2, 0.25) is 0 Å². The van der Waals surface area contributed by atoms with Gasteiger partial charge in [-0.2, -0.15) is 0 Å². The van der Waals surface area contributed by atoms with Crippen molar-refractivity contribution in [3.8, 4) is 0 Å². The van der Waals surface area contributed by atoms with Crippen molar-refractivity contribution < 1.29 is 8.42 Å². The van der Waals surface area contributed by atoms with E-state index in [0.29, 0.717) is 16.2 Å². The van der Waals surface area contributed by atoms with Crippen molar-refractivity contribution in [2.75, 3.05) is 0 Å². The minimum atomic E-state index is -3.27. The summed E-state index contributed by atoms with van der Waals surface area (Å²) in [6, 6.07) is 8.69.